The highest BCUT2D eigenvalue weighted by atomic mass is 79.9. The number of hydrogen-bond acceptors (Lipinski definition) is 3. The van der Waals surface area contributed by atoms with Crippen LogP contribution in [0.1, 0.15) is 15.8 Å². The molecule has 0 saturated carbocycles. The van der Waals surface area contributed by atoms with Gasteiger partial charge < -0.3 is 11.1 Å². The highest BCUT2D eigenvalue weighted by molar-refractivity contribution is 9.10. The van der Waals surface area contributed by atoms with Crippen LogP contribution in [0.2, 0.25) is 5.02 Å². The van der Waals surface area contributed by atoms with Crippen LogP contribution >= 0.6 is 38.9 Å². The molecule has 0 aliphatic heterocycles. The predicted molar refractivity (Wildman–Crippen MR) is 83.8 cm³/mol. The van der Waals surface area contributed by atoms with E-state index in [9.17, 15) is 4.79 Å². The van der Waals surface area contributed by atoms with Gasteiger partial charge in [-0.1, -0.05) is 11.6 Å². The van der Waals surface area contributed by atoms with Crippen LogP contribution in [-0.2, 0) is 4.79 Å². The van der Waals surface area contributed by atoms with Crippen LogP contribution in [0, 0.1) is 6.92 Å². The molecular formula is C13H12BrClN2OS. The van der Waals surface area contributed by atoms with Crippen molar-refractivity contribution >= 4 is 50.5 Å². The van der Waals surface area contributed by atoms with Gasteiger partial charge >= 0.3 is 0 Å². The van der Waals surface area contributed by atoms with Crippen molar-refractivity contribution in [2.24, 2.45) is 5.73 Å². The van der Waals surface area contributed by atoms with Crippen LogP contribution in [0.25, 0.3) is 0 Å². The number of aryl methyl sites for hydroxylation is 1. The molecule has 0 fully saturated rings. The highest BCUT2D eigenvalue weighted by Crippen LogP contribution is 2.32. The summed E-state index contributed by atoms with van der Waals surface area (Å²) in [6.45, 7) is 1.98. The number of anilines is 1. The molecule has 1 aromatic carbocycles. The van der Waals surface area contributed by atoms with E-state index < -0.39 is 11.9 Å². The lowest BCUT2D eigenvalue weighted by Gasteiger charge is -2.15. The number of halogens is 2. The van der Waals surface area contributed by atoms with Crippen LogP contribution in [0.3, 0.4) is 0 Å². The molecular weight excluding hydrogens is 348 g/mol. The van der Waals surface area contributed by atoms with E-state index in [0.717, 1.165) is 19.9 Å². The molecule has 0 bridgehead atoms. The Kier molecular flexibility index (Phi) is 4.50. The van der Waals surface area contributed by atoms with Gasteiger partial charge in [0.2, 0.25) is 5.91 Å². The summed E-state index contributed by atoms with van der Waals surface area (Å²) in [6.07, 6.45) is 0. The Morgan fingerprint density at radius 2 is 2.05 bits per heavy atom. The molecule has 2 aromatic rings. The molecule has 0 aliphatic rings. The van der Waals surface area contributed by atoms with Crippen molar-refractivity contribution in [3.63, 3.8) is 0 Å². The zero-order valence-corrected chi connectivity index (χ0v) is 13.3. The molecule has 1 heterocycles. The average molecular weight is 360 g/mol. The van der Waals surface area contributed by atoms with Crippen molar-refractivity contribution in [2.75, 3.05) is 5.32 Å². The third-order valence-corrected chi connectivity index (χ3v) is 5.05. The van der Waals surface area contributed by atoms with E-state index in [0.29, 0.717) is 5.02 Å². The van der Waals surface area contributed by atoms with Crippen LogP contribution in [0.15, 0.2) is 34.8 Å². The number of benzene rings is 1. The van der Waals surface area contributed by atoms with E-state index >= 15 is 0 Å². The van der Waals surface area contributed by atoms with Gasteiger partial charge in [0.15, 0.2) is 0 Å². The molecule has 19 heavy (non-hydrogen) atoms. The third-order valence-electron chi connectivity index (χ3n) is 2.60. The van der Waals surface area contributed by atoms with E-state index in [1.807, 2.05) is 25.1 Å². The summed E-state index contributed by atoms with van der Waals surface area (Å²) in [5.74, 6) is -0.413. The smallest absolute Gasteiger partial charge is 0.245 e. The molecule has 3 N–H and O–H groups in total. The maximum absolute atomic E-state index is 11.6. The monoisotopic (exact) mass is 358 g/mol. The lowest BCUT2D eigenvalue weighted by Crippen LogP contribution is -2.26. The molecule has 0 spiro atoms. The Hall–Kier alpha value is -1.04. The molecule has 0 saturated heterocycles. The summed E-state index contributed by atoms with van der Waals surface area (Å²) in [5.41, 5.74) is 6.27. The Morgan fingerprint density at radius 1 is 1.42 bits per heavy atom. The number of rotatable bonds is 4. The first-order chi connectivity index (χ1) is 8.97. The van der Waals surface area contributed by atoms with Crippen LogP contribution in [0.4, 0.5) is 5.69 Å². The fraction of sp³-hybridized carbons (Fsp3) is 0.154. The molecule has 6 heteroatoms. The minimum absolute atomic E-state index is 0.413. The van der Waals surface area contributed by atoms with E-state index in [1.54, 1.807) is 12.1 Å². The van der Waals surface area contributed by atoms with Crippen molar-refractivity contribution < 1.29 is 4.79 Å². The largest absolute Gasteiger partial charge is 0.369 e. The van der Waals surface area contributed by atoms with Gasteiger partial charge in [0.1, 0.15) is 6.04 Å². The number of primary amides is 1. The van der Waals surface area contributed by atoms with Gasteiger partial charge in [-0.2, -0.15) is 0 Å². The van der Waals surface area contributed by atoms with Gasteiger partial charge in [0.05, 0.1) is 0 Å². The maximum atomic E-state index is 11.6. The number of amides is 1. The fourth-order valence-corrected chi connectivity index (χ4v) is 3.37. The van der Waals surface area contributed by atoms with E-state index in [1.165, 1.54) is 11.3 Å². The second-order valence-electron chi connectivity index (χ2n) is 4.04. The molecule has 1 atom stereocenters. The van der Waals surface area contributed by atoms with Crippen molar-refractivity contribution in [2.45, 2.75) is 13.0 Å². The minimum Gasteiger partial charge on any atom is -0.369 e. The molecule has 1 amide bonds. The lowest BCUT2D eigenvalue weighted by molar-refractivity contribution is -0.118. The molecule has 100 valence electrons. The van der Waals surface area contributed by atoms with E-state index in [4.69, 9.17) is 17.3 Å². The number of nitrogens with two attached hydrogens (primary N) is 1. The number of thiophene rings is 1. The first-order valence-corrected chi connectivity index (χ1v) is 7.53. The fourth-order valence-electron chi connectivity index (χ4n) is 1.62. The number of nitrogens with one attached hydrogen (secondary N) is 1. The molecule has 0 aliphatic carbocycles. The summed E-state index contributed by atoms with van der Waals surface area (Å²) in [5, 5.41) is 3.77. The first-order valence-electron chi connectivity index (χ1n) is 5.54. The Morgan fingerprint density at radius 3 is 2.53 bits per heavy atom. The van der Waals surface area contributed by atoms with Crippen molar-refractivity contribution in [3.05, 3.63) is 49.6 Å². The van der Waals surface area contributed by atoms with Crippen LogP contribution < -0.4 is 11.1 Å². The second-order valence-corrected chi connectivity index (χ2v) is 6.62. The standard InChI is InChI=1S/C13H12BrClN2OS/c1-7-10(14)6-11(19-7)12(13(16)18)17-9-4-2-8(15)3-5-9/h2-6,12,17H,1H3,(H2,16,18). The molecule has 3 nitrogen and oxygen atoms in total. The van der Waals surface area contributed by atoms with Gasteiger partial charge in [-0.05, 0) is 53.2 Å². The SMILES string of the molecule is Cc1sc(C(Nc2ccc(Cl)cc2)C(N)=O)cc1Br. The average Bonchev–Trinajstić information content (AvgIpc) is 2.68. The molecule has 1 aromatic heterocycles. The quantitative estimate of drug-likeness (QED) is 0.863. The molecule has 2 rings (SSSR count). The van der Waals surface area contributed by atoms with Gasteiger partial charge in [0, 0.05) is 24.9 Å². The number of carbonyl (C=O) groups excluding carboxylic acids is 1. The van der Waals surface area contributed by atoms with Gasteiger partial charge in [-0.25, -0.2) is 0 Å². The lowest BCUT2D eigenvalue weighted by atomic mass is 10.2. The van der Waals surface area contributed by atoms with Gasteiger partial charge in [-0.3, -0.25) is 4.79 Å². The van der Waals surface area contributed by atoms with Crippen molar-refractivity contribution in [1.29, 1.82) is 0 Å². The highest BCUT2D eigenvalue weighted by Gasteiger charge is 2.20. The van der Waals surface area contributed by atoms with E-state index in [-0.39, 0.29) is 0 Å². The summed E-state index contributed by atoms with van der Waals surface area (Å²) < 4.78 is 0.983. The zero-order chi connectivity index (χ0) is 14.0. The Balaban J connectivity index is 2.26. The number of hydrogen-bond donors (Lipinski definition) is 2. The van der Waals surface area contributed by atoms with Crippen LogP contribution in [-0.4, -0.2) is 5.91 Å². The molecule has 1 unspecified atom stereocenters. The summed E-state index contributed by atoms with van der Waals surface area (Å²) in [6, 6.07) is 8.52. The van der Waals surface area contributed by atoms with Crippen molar-refractivity contribution in [3.8, 4) is 0 Å². The Bertz CT molecular complexity index is 578. The predicted octanol–water partition coefficient (Wildman–Crippen LogP) is 4.11. The normalized spacial score (nSPS) is 12.2. The zero-order valence-electron chi connectivity index (χ0n) is 10.1. The molecule has 0 radical (unpaired) electrons. The van der Waals surface area contributed by atoms with Crippen molar-refractivity contribution in [1.82, 2.24) is 0 Å². The van der Waals surface area contributed by atoms with Gasteiger partial charge in [-0.15, -0.1) is 11.3 Å². The Labute approximate surface area is 128 Å². The third kappa shape index (κ3) is 3.49. The second kappa shape index (κ2) is 5.94. The maximum Gasteiger partial charge on any atom is 0.245 e. The first kappa shape index (κ1) is 14.4. The topological polar surface area (TPSA) is 55.1 Å². The van der Waals surface area contributed by atoms with Gasteiger partial charge in [0.25, 0.3) is 0 Å². The summed E-state index contributed by atoms with van der Waals surface area (Å²) in [4.78, 5) is 13.6. The van der Waals surface area contributed by atoms with E-state index in [2.05, 4.69) is 21.2 Å². The van der Waals surface area contributed by atoms with Crippen LogP contribution in [0.5, 0.6) is 0 Å². The summed E-state index contributed by atoms with van der Waals surface area (Å²) >= 11 is 10.8. The number of carbonyl (C=O) groups is 1. The summed E-state index contributed by atoms with van der Waals surface area (Å²) in [7, 11) is 0. The minimum atomic E-state index is -0.545.